The van der Waals surface area contributed by atoms with Crippen molar-refractivity contribution in [3.8, 4) is 0 Å². The van der Waals surface area contributed by atoms with E-state index in [2.05, 4.69) is 16.4 Å². The monoisotopic (exact) mass is 228 g/mol. The summed E-state index contributed by atoms with van der Waals surface area (Å²) in [5.74, 6) is 0. The smallest absolute Gasteiger partial charge is 0.377 e. The van der Waals surface area contributed by atoms with Crippen molar-refractivity contribution in [3.05, 3.63) is 0 Å². The van der Waals surface area contributed by atoms with E-state index in [1.807, 2.05) is 0 Å². The van der Waals surface area contributed by atoms with E-state index < -0.39 is 30.5 Å². The SMILES string of the molecule is O=C(OCC(CO)(CO)CO)SS. The molecule has 13 heavy (non-hydrogen) atoms. The van der Waals surface area contributed by atoms with Crippen LogP contribution in [0.25, 0.3) is 0 Å². The van der Waals surface area contributed by atoms with Gasteiger partial charge in [0.25, 0.3) is 0 Å². The normalized spacial score (nSPS) is 11.4. The lowest BCUT2D eigenvalue weighted by molar-refractivity contribution is -0.0335. The second-order valence-corrected chi connectivity index (χ2v) is 3.67. The van der Waals surface area contributed by atoms with E-state index in [0.717, 1.165) is 0 Å². The minimum Gasteiger partial charge on any atom is -0.456 e. The van der Waals surface area contributed by atoms with Gasteiger partial charge in [0.1, 0.15) is 6.61 Å². The van der Waals surface area contributed by atoms with Crippen LogP contribution in [0.2, 0.25) is 0 Å². The molecule has 0 amide bonds. The van der Waals surface area contributed by atoms with Gasteiger partial charge in [0.05, 0.1) is 25.2 Å². The van der Waals surface area contributed by atoms with Crippen molar-refractivity contribution in [3.63, 3.8) is 0 Å². The molecule has 5 nitrogen and oxygen atoms in total. The maximum absolute atomic E-state index is 10.6. The molecular formula is C6H12O5S2. The maximum Gasteiger partial charge on any atom is 0.377 e. The van der Waals surface area contributed by atoms with Gasteiger partial charge in [0, 0.05) is 10.8 Å². The highest BCUT2D eigenvalue weighted by atomic mass is 33.1. The van der Waals surface area contributed by atoms with Crippen LogP contribution in [0, 0.1) is 5.41 Å². The number of ether oxygens (including phenoxy) is 1. The number of hydrogen-bond donors (Lipinski definition) is 4. The predicted octanol–water partition coefficient (Wildman–Crippen LogP) is -0.336. The third-order valence-electron chi connectivity index (χ3n) is 1.58. The molecule has 0 unspecified atom stereocenters. The lowest BCUT2D eigenvalue weighted by atomic mass is 9.93. The van der Waals surface area contributed by atoms with Crippen LogP contribution in [0.1, 0.15) is 0 Å². The Bertz CT molecular complexity index is 151. The van der Waals surface area contributed by atoms with Crippen molar-refractivity contribution in [2.75, 3.05) is 26.4 Å². The van der Waals surface area contributed by atoms with Crippen LogP contribution >= 0.6 is 22.5 Å². The third kappa shape index (κ3) is 4.19. The number of aliphatic hydroxyl groups is 3. The third-order valence-corrected chi connectivity index (χ3v) is 2.29. The minimum absolute atomic E-state index is 0.233. The largest absolute Gasteiger partial charge is 0.456 e. The van der Waals surface area contributed by atoms with Crippen LogP contribution < -0.4 is 0 Å². The highest BCUT2D eigenvalue weighted by molar-refractivity contribution is 8.74. The molecule has 0 atom stereocenters. The van der Waals surface area contributed by atoms with Gasteiger partial charge < -0.3 is 20.1 Å². The van der Waals surface area contributed by atoms with Crippen molar-refractivity contribution in [2.45, 2.75) is 0 Å². The van der Waals surface area contributed by atoms with E-state index in [0.29, 0.717) is 10.8 Å². The summed E-state index contributed by atoms with van der Waals surface area (Å²) in [5, 5.41) is 25.8. The van der Waals surface area contributed by atoms with Crippen LogP contribution in [0.3, 0.4) is 0 Å². The molecule has 0 radical (unpaired) electrons. The minimum atomic E-state index is -1.17. The molecule has 0 aliphatic heterocycles. The van der Waals surface area contributed by atoms with E-state index in [4.69, 9.17) is 15.3 Å². The van der Waals surface area contributed by atoms with Crippen molar-refractivity contribution >= 4 is 27.8 Å². The summed E-state index contributed by atoms with van der Waals surface area (Å²) in [6.07, 6.45) is 0. The van der Waals surface area contributed by atoms with Gasteiger partial charge in [-0.05, 0) is 0 Å². The molecule has 0 aromatic carbocycles. The van der Waals surface area contributed by atoms with Gasteiger partial charge in [0.15, 0.2) is 0 Å². The Balaban J connectivity index is 4.02. The lowest BCUT2D eigenvalue weighted by Gasteiger charge is -2.25. The summed E-state index contributed by atoms with van der Waals surface area (Å²) in [6, 6.07) is 0. The summed E-state index contributed by atoms with van der Waals surface area (Å²) in [4.78, 5) is 10.6. The highest BCUT2D eigenvalue weighted by Gasteiger charge is 2.29. The van der Waals surface area contributed by atoms with E-state index in [-0.39, 0.29) is 6.61 Å². The first-order valence-electron chi connectivity index (χ1n) is 3.45. The zero-order chi connectivity index (χ0) is 10.3. The molecular weight excluding hydrogens is 216 g/mol. The second kappa shape index (κ2) is 6.50. The molecule has 0 saturated heterocycles. The van der Waals surface area contributed by atoms with Crippen molar-refractivity contribution in [1.29, 1.82) is 0 Å². The molecule has 0 aliphatic carbocycles. The zero-order valence-electron chi connectivity index (χ0n) is 6.84. The topological polar surface area (TPSA) is 87.0 Å². The van der Waals surface area contributed by atoms with E-state index in [9.17, 15) is 4.79 Å². The fourth-order valence-corrected chi connectivity index (χ4v) is 0.795. The molecule has 0 bridgehead atoms. The summed E-state index contributed by atoms with van der Waals surface area (Å²) < 4.78 is 4.60. The van der Waals surface area contributed by atoms with Crippen LogP contribution in [-0.4, -0.2) is 47.0 Å². The van der Waals surface area contributed by atoms with Gasteiger partial charge in [-0.25, -0.2) is 4.79 Å². The number of carbonyl (C=O) groups excluding carboxylic acids is 1. The van der Waals surface area contributed by atoms with Crippen LogP contribution in [-0.2, 0) is 4.74 Å². The van der Waals surface area contributed by atoms with Crippen LogP contribution in [0.5, 0.6) is 0 Å². The first kappa shape index (κ1) is 13.1. The Kier molecular flexibility index (Phi) is 6.52. The highest BCUT2D eigenvalue weighted by Crippen LogP contribution is 2.18. The molecule has 0 aromatic heterocycles. The average Bonchev–Trinajstić information content (AvgIpc) is 2.20. The van der Waals surface area contributed by atoms with E-state index >= 15 is 0 Å². The predicted molar refractivity (Wildman–Crippen MR) is 51.6 cm³/mol. The molecule has 3 N–H and O–H groups in total. The first-order valence-corrected chi connectivity index (χ1v) is 5.32. The first-order chi connectivity index (χ1) is 6.14. The zero-order valence-corrected chi connectivity index (χ0v) is 8.55. The van der Waals surface area contributed by atoms with Crippen molar-refractivity contribution < 1.29 is 24.9 Å². The molecule has 7 heteroatoms. The van der Waals surface area contributed by atoms with Crippen LogP contribution in [0.15, 0.2) is 0 Å². The molecule has 0 aromatic rings. The lowest BCUT2D eigenvalue weighted by Crippen LogP contribution is -2.39. The van der Waals surface area contributed by atoms with Gasteiger partial charge in [0.2, 0.25) is 0 Å². The van der Waals surface area contributed by atoms with Crippen molar-refractivity contribution in [2.24, 2.45) is 5.41 Å². The van der Waals surface area contributed by atoms with E-state index in [1.54, 1.807) is 0 Å². The number of thiol groups is 1. The van der Waals surface area contributed by atoms with Gasteiger partial charge in [-0.15, -0.1) is 0 Å². The Hall–Kier alpha value is 0.0500. The summed E-state index contributed by atoms with van der Waals surface area (Å²) in [7, 11) is 0.585. The Morgan fingerprint density at radius 3 is 2.08 bits per heavy atom. The fourth-order valence-electron chi connectivity index (χ4n) is 0.525. The van der Waals surface area contributed by atoms with Gasteiger partial charge >= 0.3 is 5.30 Å². The number of carbonyl (C=O) groups is 1. The van der Waals surface area contributed by atoms with Gasteiger partial charge in [-0.2, -0.15) is 0 Å². The number of hydrogen-bond acceptors (Lipinski definition) is 7. The molecule has 0 aliphatic rings. The van der Waals surface area contributed by atoms with Crippen molar-refractivity contribution in [1.82, 2.24) is 0 Å². The molecule has 78 valence electrons. The number of rotatable bonds is 5. The quantitative estimate of drug-likeness (QED) is 0.293. The molecule has 0 spiro atoms. The maximum atomic E-state index is 10.6. The summed E-state index contributed by atoms with van der Waals surface area (Å²) >= 11 is 3.59. The summed E-state index contributed by atoms with van der Waals surface area (Å²) in [6.45, 7) is -1.59. The Labute approximate surface area is 84.9 Å². The van der Waals surface area contributed by atoms with Gasteiger partial charge in [-0.3, -0.25) is 0 Å². The fraction of sp³-hybridized carbons (Fsp3) is 0.833. The molecule has 0 heterocycles. The molecule has 0 rings (SSSR count). The molecule has 0 fully saturated rings. The van der Waals surface area contributed by atoms with Crippen LogP contribution in [0.4, 0.5) is 4.79 Å². The second-order valence-electron chi connectivity index (χ2n) is 2.60. The number of aliphatic hydroxyl groups excluding tert-OH is 3. The average molecular weight is 228 g/mol. The van der Waals surface area contributed by atoms with Gasteiger partial charge in [-0.1, -0.05) is 11.7 Å². The Morgan fingerprint density at radius 2 is 1.77 bits per heavy atom. The summed E-state index contributed by atoms with van der Waals surface area (Å²) in [5.41, 5.74) is -1.17. The van der Waals surface area contributed by atoms with E-state index in [1.165, 1.54) is 0 Å². The standard InChI is InChI=1S/C6H12O5S2/c7-1-6(2-8,3-9)4-11-5(10)13-12/h7-9,12H,1-4H2. The Morgan fingerprint density at radius 1 is 1.31 bits per heavy atom. The molecule has 0 saturated carbocycles.